The number of hydrogen-bond donors (Lipinski definition) is 1. The molecule has 6 heteroatoms. The Morgan fingerprint density at radius 3 is 2.23 bits per heavy atom. The van der Waals surface area contributed by atoms with Crippen molar-refractivity contribution < 1.29 is 9.59 Å². The average Bonchev–Trinajstić information content (AvgIpc) is 2.68. The van der Waals surface area contributed by atoms with Gasteiger partial charge in [0.15, 0.2) is 0 Å². The number of hydrogen-bond acceptors (Lipinski definition) is 4. The number of nitrogens with zero attached hydrogens (tertiary/aromatic N) is 3. The molecule has 0 aliphatic carbocycles. The average molecular weight is 348 g/mol. The first-order chi connectivity index (χ1) is 12.6. The van der Waals surface area contributed by atoms with E-state index >= 15 is 0 Å². The highest BCUT2D eigenvalue weighted by molar-refractivity contribution is 6.05. The van der Waals surface area contributed by atoms with Crippen molar-refractivity contribution in [2.45, 2.75) is 0 Å². The number of piperazine rings is 1. The molecule has 1 aliphatic rings. The van der Waals surface area contributed by atoms with E-state index in [0.717, 1.165) is 13.1 Å². The summed E-state index contributed by atoms with van der Waals surface area (Å²) >= 11 is 0. The molecule has 1 aliphatic heterocycles. The molecule has 132 valence electrons. The number of benzene rings is 2. The van der Waals surface area contributed by atoms with Gasteiger partial charge in [0.2, 0.25) is 0 Å². The summed E-state index contributed by atoms with van der Waals surface area (Å²) in [5.74, 6) is -0.328. The molecule has 0 radical (unpaired) electrons. The van der Waals surface area contributed by atoms with Gasteiger partial charge in [0.05, 0.1) is 11.3 Å². The predicted molar refractivity (Wildman–Crippen MR) is 99.0 cm³/mol. The number of nitriles is 1. The molecular formula is C20H20N4O2. The highest BCUT2D eigenvalue weighted by Crippen LogP contribution is 2.16. The van der Waals surface area contributed by atoms with Crippen LogP contribution in [0.25, 0.3) is 0 Å². The monoisotopic (exact) mass is 348 g/mol. The van der Waals surface area contributed by atoms with Gasteiger partial charge >= 0.3 is 0 Å². The maximum Gasteiger partial charge on any atom is 0.255 e. The van der Waals surface area contributed by atoms with Gasteiger partial charge in [-0.3, -0.25) is 9.59 Å². The minimum Gasteiger partial charge on any atom is -0.336 e. The molecule has 0 saturated carbocycles. The summed E-state index contributed by atoms with van der Waals surface area (Å²) in [7, 11) is 2.04. The molecule has 0 spiro atoms. The largest absolute Gasteiger partial charge is 0.336 e. The number of carbonyl (C=O) groups excluding carboxylic acids is 2. The molecule has 0 bridgehead atoms. The third-order valence-electron chi connectivity index (χ3n) is 4.48. The summed E-state index contributed by atoms with van der Waals surface area (Å²) in [5.41, 5.74) is 1.89. The Balaban J connectivity index is 1.68. The van der Waals surface area contributed by atoms with Crippen molar-refractivity contribution in [2.24, 2.45) is 0 Å². The lowest BCUT2D eigenvalue weighted by molar-refractivity contribution is 0.0664. The van der Waals surface area contributed by atoms with E-state index in [1.54, 1.807) is 48.5 Å². The minimum absolute atomic E-state index is 0.0140. The van der Waals surface area contributed by atoms with E-state index in [0.29, 0.717) is 35.5 Å². The van der Waals surface area contributed by atoms with Crippen LogP contribution in [0.2, 0.25) is 0 Å². The van der Waals surface area contributed by atoms with Crippen molar-refractivity contribution in [1.29, 1.82) is 5.26 Å². The fraction of sp³-hybridized carbons (Fsp3) is 0.250. The molecule has 2 amide bonds. The summed E-state index contributed by atoms with van der Waals surface area (Å²) < 4.78 is 0. The molecule has 6 nitrogen and oxygen atoms in total. The normalized spacial score (nSPS) is 14.5. The van der Waals surface area contributed by atoms with Crippen LogP contribution >= 0.6 is 0 Å². The zero-order chi connectivity index (χ0) is 18.5. The molecular weight excluding hydrogens is 328 g/mol. The highest BCUT2D eigenvalue weighted by Gasteiger charge is 2.20. The number of likely N-dealkylation sites (N-methyl/N-ethyl adjacent to an activating group) is 1. The predicted octanol–water partition coefficient (Wildman–Crippen LogP) is 2.20. The zero-order valence-electron chi connectivity index (χ0n) is 14.6. The Bertz CT molecular complexity index is 847. The van der Waals surface area contributed by atoms with Crippen LogP contribution in [0.15, 0.2) is 48.5 Å². The van der Waals surface area contributed by atoms with Gasteiger partial charge in [-0.2, -0.15) is 5.26 Å². The van der Waals surface area contributed by atoms with Crippen LogP contribution in [0.5, 0.6) is 0 Å². The maximum absolute atomic E-state index is 12.5. The quantitative estimate of drug-likeness (QED) is 0.922. The second-order valence-electron chi connectivity index (χ2n) is 6.28. The van der Waals surface area contributed by atoms with Gasteiger partial charge in [-0.1, -0.05) is 12.1 Å². The van der Waals surface area contributed by atoms with E-state index in [9.17, 15) is 9.59 Å². The number of para-hydroxylation sites is 1. The summed E-state index contributed by atoms with van der Waals surface area (Å²) in [6.45, 7) is 3.15. The van der Waals surface area contributed by atoms with Crippen molar-refractivity contribution in [2.75, 3.05) is 38.5 Å². The molecule has 1 saturated heterocycles. The molecule has 2 aromatic carbocycles. The van der Waals surface area contributed by atoms with E-state index in [4.69, 9.17) is 5.26 Å². The number of amides is 2. The Morgan fingerprint density at radius 2 is 1.58 bits per heavy atom. The van der Waals surface area contributed by atoms with E-state index in [1.165, 1.54) is 0 Å². The third kappa shape index (κ3) is 3.90. The number of anilines is 1. The lowest BCUT2D eigenvalue weighted by Crippen LogP contribution is -2.47. The number of carbonyl (C=O) groups is 2. The fourth-order valence-electron chi connectivity index (χ4n) is 2.84. The van der Waals surface area contributed by atoms with Crippen LogP contribution in [0.1, 0.15) is 26.3 Å². The Kier molecular flexibility index (Phi) is 5.30. The van der Waals surface area contributed by atoms with Gasteiger partial charge in [-0.15, -0.1) is 0 Å². The van der Waals surface area contributed by atoms with Crippen LogP contribution in [0.3, 0.4) is 0 Å². The van der Waals surface area contributed by atoms with E-state index in [2.05, 4.69) is 10.2 Å². The first-order valence-electron chi connectivity index (χ1n) is 8.47. The van der Waals surface area contributed by atoms with Crippen LogP contribution in [0, 0.1) is 11.3 Å². The van der Waals surface area contributed by atoms with Crippen LogP contribution in [-0.4, -0.2) is 54.8 Å². The Morgan fingerprint density at radius 1 is 0.962 bits per heavy atom. The summed E-state index contributed by atoms with van der Waals surface area (Å²) in [5, 5.41) is 11.8. The smallest absolute Gasteiger partial charge is 0.255 e. The maximum atomic E-state index is 12.5. The molecule has 1 fully saturated rings. The second kappa shape index (κ2) is 7.81. The van der Waals surface area contributed by atoms with Gasteiger partial charge < -0.3 is 15.1 Å². The van der Waals surface area contributed by atoms with Crippen molar-refractivity contribution in [3.63, 3.8) is 0 Å². The van der Waals surface area contributed by atoms with Gasteiger partial charge in [0.1, 0.15) is 6.07 Å². The second-order valence-corrected chi connectivity index (χ2v) is 6.28. The summed E-state index contributed by atoms with van der Waals surface area (Å²) in [6, 6.07) is 15.5. The van der Waals surface area contributed by atoms with Crippen LogP contribution in [-0.2, 0) is 0 Å². The van der Waals surface area contributed by atoms with Gasteiger partial charge in [-0.05, 0) is 43.4 Å². The lowest BCUT2D eigenvalue weighted by atomic mass is 10.1. The molecule has 0 atom stereocenters. The summed E-state index contributed by atoms with van der Waals surface area (Å²) in [4.78, 5) is 28.9. The highest BCUT2D eigenvalue weighted by atomic mass is 16.2. The first-order valence-corrected chi connectivity index (χ1v) is 8.47. The first kappa shape index (κ1) is 17.6. The van der Waals surface area contributed by atoms with Gasteiger partial charge in [0.25, 0.3) is 11.8 Å². The van der Waals surface area contributed by atoms with Crippen LogP contribution in [0.4, 0.5) is 5.69 Å². The summed E-state index contributed by atoms with van der Waals surface area (Å²) in [6.07, 6.45) is 0. The molecule has 26 heavy (non-hydrogen) atoms. The zero-order valence-corrected chi connectivity index (χ0v) is 14.6. The number of rotatable bonds is 3. The SMILES string of the molecule is CN1CCN(C(=O)c2ccc(C(=O)Nc3ccccc3C#N)cc2)CC1. The molecule has 0 aromatic heterocycles. The standard InChI is InChI=1S/C20H20N4O2/c1-23-10-12-24(13-11-23)20(26)16-8-6-15(7-9-16)19(25)22-18-5-3-2-4-17(18)14-21/h2-9H,10-13H2,1H3,(H,22,25). The van der Waals surface area contributed by atoms with Crippen molar-refractivity contribution in [1.82, 2.24) is 9.80 Å². The van der Waals surface area contributed by atoms with Crippen molar-refractivity contribution in [3.8, 4) is 6.07 Å². The van der Waals surface area contributed by atoms with Crippen molar-refractivity contribution >= 4 is 17.5 Å². The molecule has 3 rings (SSSR count). The van der Waals surface area contributed by atoms with Crippen molar-refractivity contribution in [3.05, 3.63) is 65.2 Å². The minimum atomic E-state index is -0.314. The molecule has 0 unspecified atom stereocenters. The van der Waals surface area contributed by atoms with E-state index in [1.807, 2.05) is 18.0 Å². The van der Waals surface area contributed by atoms with Gasteiger partial charge in [-0.25, -0.2) is 0 Å². The van der Waals surface area contributed by atoms with Gasteiger partial charge in [0, 0.05) is 37.3 Å². The lowest BCUT2D eigenvalue weighted by Gasteiger charge is -2.32. The molecule has 1 heterocycles. The van der Waals surface area contributed by atoms with E-state index < -0.39 is 0 Å². The molecule has 2 aromatic rings. The van der Waals surface area contributed by atoms with E-state index in [-0.39, 0.29) is 11.8 Å². The Hall–Kier alpha value is -3.17. The number of nitrogens with one attached hydrogen (secondary N) is 1. The van der Waals surface area contributed by atoms with Crippen LogP contribution < -0.4 is 5.32 Å². The molecule has 1 N–H and O–H groups in total. The topological polar surface area (TPSA) is 76.4 Å². The fourth-order valence-corrected chi connectivity index (χ4v) is 2.84. The third-order valence-corrected chi connectivity index (χ3v) is 4.48. The Labute approximate surface area is 152 Å².